The van der Waals surface area contributed by atoms with Gasteiger partial charge in [0.25, 0.3) is 0 Å². The Hall–Kier alpha value is -2.93. The average Bonchev–Trinajstić information content (AvgIpc) is 3.11. The number of hydrogen-bond donors (Lipinski definition) is 0. The number of aromatic nitrogens is 1. The molecule has 3 aromatic rings. The Balaban J connectivity index is 1.70. The average molecular weight is 367 g/mol. The van der Waals surface area contributed by atoms with Crippen LogP contribution in [0.3, 0.4) is 0 Å². The van der Waals surface area contributed by atoms with Crippen LogP contribution in [0.4, 0.5) is 5.13 Å². The van der Waals surface area contributed by atoms with E-state index in [0.29, 0.717) is 18.0 Å². The molecule has 26 heavy (non-hydrogen) atoms. The van der Waals surface area contributed by atoms with Crippen LogP contribution in [-0.4, -0.2) is 30.8 Å². The van der Waals surface area contributed by atoms with E-state index in [2.05, 4.69) is 10.1 Å². The minimum absolute atomic E-state index is 0.0479. The first-order chi connectivity index (χ1) is 12.7. The van der Waals surface area contributed by atoms with Gasteiger partial charge in [0.2, 0.25) is 11.0 Å². The maximum absolute atomic E-state index is 12.4. The molecular formula is C19H17N3O3S. The fourth-order valence-corrected chi connectivity index (χ4v) is 3.77. The number of carbonyl (C=O) groups excluding carboxylic acids is 1. The van der Waals surface area contributed by atoms with Crippen LogP contribution in [0, 0.1) is 0 Å². The number of rotatable bonds is 4. The molecule has 4 rings (SSSR count). The van der Waals surface area contributed by atoms with Gasteiger partial charge in [-0.1, -0.05) is 11.3 Å². The minimum Gasteiger partial charge on any atom is -0.497 e. The van der Waals surface area contributed by atoms with Gasteiger partial charge in [-0.3, -0.25) is 4.79 Å². The largest absolute Gasteiger partial charge is 0.497 e. The zero-order valence-corrected chi connectivity index (χ0v) is 15.2. The van der Waals surface area contributed by atoms with Crippen molar-refractivity contribution in [3.63, 3.8) is 0 Å². The van der Waals surface area contributed by atoms with Gasteiger partial charge in [0.15, 0.2) is 0 Å². The fourth-order valence-electron chi connectivity index (χ4n) is 2.80. The summed E-state index contributed by atoms with van der Waals surface area (Å²) in [6.45, 7) is 0. The number of thiazole rings is 1. The Morgan fingerprint density at radius 2 is 1.73 bits per heavy atom. The van der Waals surface area contributed by atoms with Crippen LogP contribution in [0.2, 0.25) is 0 Å². The number of nitrogens with zero attached hydrogens (tertiary/aromatic N) is 3. The summed E-state index contributed by atoms with van der Waals surface area (Å²) in [5.41, 5.74) is 2.67. The lowest BCUT2D eigenvalue weighted by molar-refractivity contribution is -0.118. The summed E-state index contributed by atoms with van der Waals surface area (Å²) >= 11 is 1.43. The summed E-state index contributed by atoms with van der Waals surface area (Å²) in [7, 11) is 3.26. The molecule has 1 amide bonds. The molecule has 7 heteroatoms. The lowest BCUT2D eigenvalue weighted by Gasteiger charge is -2.21. The van der Waals surface area contributed by atoms with E-state index in [1.165, 1.54) is 16.3 Å². The topological polar surface area (TPSA) is 64.0 Å². The third-order valence-electron chi connectivity index (χ3n) is 4.22. The molecule has 1 aromatic heterocycles. The summed E-state index contributed by atoms with van der Waals surface area (Å²) in [4.78, 5) is 17.0. The second kappa shape index (κ2) is 6.76. The highest BCUT2D eigenvalue weighted by molar-refractivity contribution is 7.22. The zero-order chi connectivity index (χ0) is 18.1. The summed E-state index contributed by atoms with van der Waals surface area (Å²) in [5, 5.41) is 6.56. The molecule has 0 radical (unpaired) electrons. The van der Waals surface area contributed by atoms with E-state index in [1.807, 2.05) is 42.5 Å². The van der Waals surface area contributed by atoms with Crippen molar-refractivity contribution < 1.29 is 14.3 Å². The summed E-state index contributed by atoms with van der Waals surface area (Å²) < 4.78 is 11.4. The number of hydrogen-bond acceptors (Lipinski definition) is 6. The van der Waals surface area contributed by atoms with E-state index in [1.54, 1.807) is 14.2 Å². The number of carbonyl (C=O) groups is 1. The number of benzene rings is 2. The third kappa shape index (κ3) is 3.01. The van der Waals surface area contributed by atoms with Gasteiger partial charge in [-0.05, 0) is 48.0 Å². The van der Waals surface area contributed by atoms with Crippen LogP contribution < -0.4 is 14.5 Å². The van der Waals surface area contributed by atoms with Crippen molar-refractivity contribution in [2.75, 3.05) is 19.2 Å². The van der Waals surface area contributed by atoms with Gasteiger partial charge in [-0.2, -0.15) is 10.1 Å². The third-order valence-corrected chi connectivity index (χ3v) is 5.22. The highest BCUT2D eigenvalue weighted by Gasteiger charge is 2.25. The molecule has 0 atom stereocenters. The lowest BCUT2D eigenvalue weighted by Crippen LogP contribution is -2.31. The Morgan fingerprint density at radius 3 is 2.46 bits per heavy atom. The van der Waals surface area contributed by atoms with Crippen LogP contribution in [0.15, 0.2) is 47.6 Å². The maximum Gasteiger partial charge on any atom is 0.249 e. The zero-order valence-electron chi connectivity index (χ0n) is 14.4. The maximum atomic E-state index is 12.4. The van der Waals surface area contributed by atoms with Gasteiger partial charge in [0, 0.05) is 12.8 Å². The molecule has 0 N–H and O–H groups in total. The van der Waals surface area contributed by atoms with Gasteiger partial charge in [0.1, 0.15) is 11.5 Å². The molecule has 132 valence electrons. The number of methoxy groups -OCH3 is 2. The Labute approximate surface area is 154 Å². The summed E-state index contributed by atoms with van der Waals surface area (Å²) in [6.07, 6.45) is 1.02. The van der Waals surface area contributed by atoms with E-state index >= 15 is 0 Å². The summed E-state index contributed by atoms with van der Waals surface area (Å²) in [6, 6.07) is 13.3. The molecular weight excluding hydrogens is 350 g/mol. The second-order valence-corrected chi connectivity index (χ2v) is 6.82. The SMILES string of the molecule is COc1ccc(C2=NN(c3nc4ccc(OC)cc4s3)C(=O)CC2)cc1. The predicted molar refractivity (Wildman–Crippen MR) is 102 cm³/mol. The first-order valence-electron chi connectivity index (χ1n) is 8.17. The number of anilines is 1. The molecule has 1 aliphatic heterocycles. The number of hydrazone groups is 1. The first-order valence-corrected chi connectivity index (χ1v) is 8.99. The molecule has 2 aromatic carbocycles. The molecule has 0 spiro atoms. The predicted octanol–water partition coefficient (Wildman–Crippen LogP) is 3.84. The van der Waals surface area contributed by atoms with Gasteiger partial charge >= 0.3 is 0 Å². The summed E-state index contributed by atoms with van der Waals surface area (Å²) in [5.74, 6) is 1.51. The molecule has 1 aliphatic rings. The second-order valence-electron chi connectivity index (χ2n) is 5.81. The van der Waals surface area contributed by atoms with E-state index < -0.39 is 0 Å². The van der Waals surface area contributed by atoms with Crippen molar-refractivity contribution in [1.82, 2.24) is 4.98 Å². The molecule has 0 fully saturated rings. The Morgan fingerprint density at radius 1 is 1.00 bits per heavy atom. The van der Waals surface area contributed by atoms with Crippen LogP contribution in [0.25, 0.3) is 10.2 Å². The first kappa shape index (κ1) is 16.5. The molecule has 0 bridgehead atoms. The Kier molecular flexibility index (Phi) is 4.30. The van der Waals surface area contributed by atoms with Crippen LogP contribution in [0.5, 0.6) is 11.5 Å². The van der Waals surface area contributed by atoms with Crippen LogP contribution in [-0.2, 0) is 4.79 Å². The van der Waals surface area contributed by atoms with E-state index in [9.17, 15) is 4.79 Å². The van der Waals surface area contributed by atoms with E-state index in [4.69, 9.17) is 9.47 Å². The van der Waals surface area contributed by atoms with E-state index in [0.717, 1.165) is 33.0 Å². The van der Waals surface area contributed by atoms with Crippen molar-refractivity contribution in [2.24, 2.45) is 5.10 Å². The monoisotopic (exact) mass is 367 g/mol. The smallest absolute Gasteiger partial charge is 0.249 e. The van der Waals surface area contributed by atoms with Gasteiger partial charge < -0.3 is 9.47 Å². The highest BCUT2D eigenvalue weighted by Crippen LogP contribution is 2.33. The quantitative estimate of drug-likeness (QED) is 0.703. The molecule has 2 heterocycles. The molecule has 0 aliphatic carbocycles. The number of amides is 1. The van der Waals surface area contributed by atoms with Crippen molar-refractivity contribution in [2.45, 2.75) is 12.8 Å². The van der Waals surface area contributed by atoms with Gasteiger partial charge in [-0.15, -0.1) is 0 Å². The van der Waals surface area contributed by atoms with Crippen LogP contribution >= 0.6 is 11.3 Å². The van der Waals surface area contributed by atoms with Crippen LogP contribution in [0.1, 0.15) is 18.4 Å². The minimum atomic E-state index is -0.0479. The molecule has 0 saturated heterocycles. The van der Waals surface area contributed by atoms with Crippen molar-refractivity contribution >= 4 is 38.3 Å². The Bertz CT molecular complexity index is 995. The number of ether oxygens (including phenoxy) is 2. The fraction of sp³-hybridized carbons (Fsp3) is 0.211. The molecule has 0 saturated carbocycles. The lowest BCUT2D eigenvalue weighted by atomic mass is 10.0. The van der Waals surface area contributed by atoms with Crippen molar-refractivity contribution in [3.8, 4) is 11.5 Å². The number of fused-ring (bicyclic) bond motifs is 1. The van der Waals surface area contributed by atoms with Gasteiger partial charge in [0.05, 0.1) is 30.1 Å². The molecule has 6 nitrogen and oxygen atoms in total. The molecule has 0 unspecified atom stereocenters. The van der Waals surface area contributed by atoms with Gasteiger partial charge in [-0.25, -0.2) is 4.98 Å². The normalized spacial score (nSPS) is 14.5. The van der Waals surface area contributed by atoms with E-state index in [-0.39, 0.29) is 5.91 Å². The van der Waals surface area contributed by atoms with Crippen molar-refractivity contribution in [3.05, 3.63) is 48.0 Å². The van der Waals surface area contributed by atoms with Crippen molar-refractivity contribution in [1.29, 1.82) is 0 Å². The standard InChI is InChI=1S/C19H17N3O3S/c1-24-13-5-3-12(4-6-13)15-9-10-18(23)22(21-15)19-20-16-8-7-14(25-2)11-17(16)26-19/h3-8,11H,9-10H2,1-2H3. The highest BCUT2D eigenvalue weighted by atomic mass is 32.1.